The molecule has 2 aromatic rings. The fourth-order valence-electron chi connectivity index (χ4n) is 4.52. The molecule has 0 amide bonds. The molecular formula is C29H48N6O4. The maximum absolute atomic E-state index is 13.6. The first-order valence-electron chi connectivity index (χ1n) is 14.3. The highest BCUT2D eigenvalue weighted by atomic mass is 16.6. The number of rotatable bonds is 17. The second kappa shape index (κ2) is 15.1. The van der Waals surface area contributed by atoms with E-state index >= 15 is 0 Å². The summed E-state index contributed by atoms with van der Waals surface area (Å²) < 4.78 is 6.24. The maximum Gasteiger partial charge on any atom is 0.293 e. The number of nitrogens with zero attached hydrogens (tertiary/aromatic N) is 5. The van der Waals surface area contributed by atoms with E-state index in [9.17, 15) is 14.4 Å². The number of nitrogens with one attached hydrogen (secondary N) is 1. The van der Waals surface area contributed by atoms with Crippen LogP contribution in [0.1, 0.15) is 110 Å². The van der Waals surface area contributed by atoms with Gasteiger partial charge in [-0.25, -0.2) is 9.61 Å². The Morgan fingerprint density at radius 3 is 2.36 bits per heavy atom. The number of unbranched alkanes of at least 4 members (excludes halogenated alkanes) is 3. The van der Waals surface area contributed by atoms with E-state index in [-0.39, 0.29) is 47.2 Å². The third kappa shape index (κ3) is 9.37. The van der Waals surface area contributed by atoms with Crippen LogP contribution in [0.2, 0.25) is 0 Å². The summed E-state index contributed by atoms with van der Waals surface area (Å²) in [7, 11) is 1.96. The number of aryl methyl sites for hydroxylation is 1. The highest BCUT2D eigenvalue weighted by Crippen LogP contribution is 2.24. The third-order valence-corrected chi connectivity index (χ3v) is 7.18. The molecule has 1 unspecified atom stereocenters. The van der Waals surface area contributed by atoms with Crippen molar-refractivity contribution in [2.24, 2.45) is 5.92 Å². The largest absolute Gasteiger partial charge is 0.360 e. The summed E-state index contributed by atoms with van der Waals surface area (Å²) in [6, 6.07) is -0.689. The molecule has 0 saturated carbocycles. The quantitative estimate of drug-likeness (QED) is 0.278. The molecule has 2 heterocycles. The fraction of sp³-hybridized carbons (Fsp3) is 0.724. The van der Waals surface area contributed by atoms with E-state index in [2.05, 4.69) is 32.4 Å². The van der Waals surface area contributed by atoms with Crippen LogP contribution in [0, 0.1) is 12.8 Å². The van der Waals surface area contributed by atoms with E-state index in [0.29, 0.717) is 36.5 Å². The zero-order valence-electron chi connectivity index (χ0n) is 25.2. The van der Waals surface area contributed by atoms with Gasteiger partial charge < -0.3 is 9.88 Å². The number of carbonyl (C=O) groups is 2. The van der Waals surface area contributed by atoms with E-state index in [0.717, 1.165) is 19.4 Å². The van der Waals surface area contributed by atoms with Crippen LogP contribution in [-0.4, -0.2) is 56.5 Å². The molecule has 0 aliphatic heterocycles. The van der Waals surface area contributed by atoms with Gasteiger partial charge in [0.2, 0.25) is 0 Å². The van der Waals surface area contributed by atoms with Crippen molar-refractivity contribution in [3.8, 4) is 0 Å². The number of anilines is 1. The van der Waals surface area contributed by atoms with Gasteiger partial charge in [-0.05, 0) is 39.8 Å². The highest BCUT2D eigenvalue weighted by molar-refractivity contribution is 5.90. The standard InChI is InChI=1S/C29H48N6O4/c1-9-12-13-14-15-34(8)18-25(37)21(10-2)16-24(36)23(11-3)35-19-26(29(5,6)7)31-27(28(35)38)30-17-22-20(4)32-39-33-22/h19,21,23H,9-18H2,1-8H3,(H,30,31)/t21-,23?/m1/s1. The molecule has 0 aliphatic rings. The lowest BCUT2D eigenvalue weighted by molar-refractivity contribution is -0.130. The molecule has 218 valence electrons. The number of hydrogen-bond donors (Lipinski definition) is 1. The van der Waals surface area contributed by atoms with Crippen molar-refractivity contribution in [1.29, 1.82) is 0 Å². The van der Waals surface area contributed by atoms with Gasteiger partial charge in [-0.2, -0.15) is 0 Å². The Morgan fingerprint density at radius 1 is 1.08 bits per heavy atom. The predicted octanol–water partition coefficient (Wildman–Crippen LogP) is 4.86. The molecule has 0 bridgehead atoms. The summed E-state index contributed by atoms with van der Waals surface area (Å²) in [5.41, 5.74) is 1.13. The molecule has 2 atom stereocenters. The summed E-state index contributed by atoms with van der Waals surface area (Å²) in [5.74, 6) is -0.262. The van der Waals surface area contributed by atoms with Crippen LogP contribution in [0.25, 0.3) is 0 Å². The van der Waals surface area contributed by atoms with Gasteiger partial charge in [0, 0.05) is 24.0 Å². The van der Waals surface area contributed by atoms with Crippen molar-refractivity contribution >= 4 is 17.4 Å². The molecular weight excluding hydrogens is 496 g/mol. The molecule has 0 aromatic carbocycles. The lowest BCUT2D eigenvalue weighted by atomic mass is 9.90. The van der Waals surface area contributed by atoms with E-state index in [1.807, 2.05) is 41.7 Å². The predicted molar refractivity (Wildman–Crippen MR) is 153 cm³/mol. The minimum atomic E-state index is -0.689. The maximum atomic E-state index is 13.6. The molecule has 1 N–H and O–H groups in total. The smallest absolute Gasteiger partial charge is 0.293 e. The van der Waals surface area contributed by atoms with Crippen molar-refractivity contribution in [1.82, 2.24) is 24.8 Å². The molecule has 0 radical (unpaired) electrons. The number of Topliss-reactive ketones (excluding diaryl/α,β-unsaturated/α-hetero) is 2. The van der Waals surface area contributed by atoms with Crippen LogP contribution in [0.5, 0.6) is 0 Å². The van der Waals surface area contributed by atoms with Crippen LogP contribution < -0.4 is 10.9 Å². The topological polar surface area (TPSA) is 123 Å². The Morgan fingerprint density at radius 2 is 1.79 bits per heavy atom. The number of aromatic nitrogens is 4. The molecule has 39 heavy (non-hydrogen) atoms. The normalized spacial score (nSPS) is 13.5. The van der Waals surface area contributed by atoms with Crippen LogP contribution in [0.15, 0.2) is 15.6 Å². The van der Waals surface area contributed by atoms with E-state index < -0.39 is 6.04 Å². The van der Waals surface area contributed by atoms with E-state index in [1.165, 1.54) is 17.4 Å². The first-order chi connectivity index (χ1) is 18.4. The molecule has 2 aromatic heterocycles. The van der Waals surface area contributed by atoms with Crippen LogP contribution in [0.4, 0.5) is 5.82 Å². The Labute approximate surface area is 232 Å². The lowest BCUT2D eigenvalue weighted by Gasteiger charge is -2.25. The number of likely N-dealkylation sites (N-methyl/N-ethyl adjacent to an activating group) is 1. The number of hydrogen-bond acceptors (Lipinski definition) is 9. The monoisotopic (exact) mass is 544 g/mol. The van der Waals surface area contributed by atoms with Gasteiger partial charge in [0.05, 0.1) is 24.8 Å². The lowest BCUT2D eigenvalue weighted by Crippen LogP contribution is -2.36. The summed E-state index contributed by atoms with van der Waals surface area (Å²) >= 11 is 0. The van der Waals surface area contributed by atoms with Gasteiger partial charge in [-0.1, -0.05) is 71.1 Å². The molecule has 10 heteroatoms. The first kappa shape index (κ1) is 32.3. The average molecular weight is 545 g/mol. The summed E-state index contributed by atoms with van der Waals surface area (Å²) in [6.07, 6.45) is 7.42. The van der Waals surface area contributed by atoms with Crippen molar-refractivity contribution < 1.29 is 14.2 Å². The van der Waals surface area contributed by atoms with Crippen LogP contribution in [0.3, 0.4) is 0 Å². The van der Waals surface area contributed by atoms with Crippen molar-refractivity contribution in [3.05, 3.63) is 33.6 Å². The molecule has 10 nitrogen and oxygen atoms in total. The van der Waals surface area contributed by atoms with Crippen LogP contribution in [-0.2, 0) is 21.5 Å². The fourth-order valence-corrected chi connectivity index (χ4v) is 4.52. The molecule has 2 rings (SSSR count). The second-order valence-electron chi connectivity index (χ2n) is 11.6. The van der Waals surface area contributed by atoms with Gasteiger partial charge >= 0.3 is 0 Å². The Balaban J connectivity index is 2.24. The zero-order chi connectivity index (χ0) is 29.2. The van der Waals surface area contributed by atoms with Crippen molar-refractivity contribution in [2.75, 3.05) is 25.5 Å². The molecule has 0 fully saturated rings. The van der Waals surface area contributed by atoms with E-state index in [4.69, 9.17) is 4.63 Å². The van der Waals surface area contributed by atoms with Crippen molar-refractivity contribution in [3.63, 3.8) is 0 Å². The molecule has 0 saturated heterocycles. The van der Waals surface area contributed by atoms with Crippen LogP contribution >= 0.6 is 0 Å². The molecule has 0 spiro atoms. The minimum Gasteiger partial charge on any atom is -0.360 e. The summed E-state index contributed by atoms with van der Waals surface area (Å²) in [5, 5.41) is 10.7. The third-order valence-electron chi connectivity index (χ3n) is 7.18. The number of ketones is 2. The number of carbonyl (C=O) groups excluding carboxylic acids is 2. The first-order valence-corrected chi connectivity index (χ1v) is 14.3. The Bertz CT molecular complexity index is 1130. The second-order valence-corrected chi connectivity index (χ2v) is 11.6. The highest BCUT2D eigenvalue weighted by Gasteiger charge is 2.29. The van der Waals surface area contributed by atoms with Crippen molar-refractivity contribution in [2.45, 2.75) is 111 Å². The van der Waals surface area contributed by atoms with Gasteiger partial charge in [0.15, 0.2) is 11.6 Å². The summed E-state index contributed by atoms with van der Waals surface area (Å²) in [6.45, 7) is 15.2. The van der Waals surface area contributed by atoms with Gasteiger partial charge in [-0.15, -0.1) is 0 Å². The molecule has 0 aliphatic carbocycles. The van der Waals surface area contributed by atoms with Gasteiger partial charge in [0.25, 0.3) is 5.56 Å². The van der Waals surface area contributed by atoms with Gasteiger partial charge in [-0.3, -0.25) is 19.3 Å². The Hall–Kier alpha value is -2.88. The van der Waals surface area contributed by atoms with Gasteiger partial charge in [0.1, 0.15) is 17.2 Å². The Kier molecular flexibility index (Phi) is 12.5. The van der Waals surface area contributed by atoms with E-state index in [1.54, 1.807) is 13.1 Å². The SMILES string of the molecule is CCCCCCN(C)CC(=O)[C@H](CC)CC(=O)C(CC)n1cc(C(C)(C)C)nc(NCc2nonc2C)c1=O. The average Bonchev–Trinajstić information content (AvgIpc) is 3.29. The minimum absolute atomic E-state index is 0.0788. The summed E-state index contributed by atoms with van der Waals surface area (Å²) in [4.78, 5) is 46.9. The zero-order valence-corrected chi connectivity index (χ0v) is 25.2.